The highest BCUT2D eigenvalue weighted by Crippen LogP contribution is 2.50. The van der Waals surface area contributed by atoms with Crippen molar-refractivity contribution >= 4 is 34.0 Å². The molecule has 10 heteroatoms. The maximum absolute atomic E-state index is 14.4. The fourth-order valence-electron chi connectivity index (χ4n) is 3.51. The Balaban J connectivity index is 1.72. The fraction of sp³-hybridized carbons (Fsp3) is 0.263. The Morgan fingerprint density at radius 1 is 1.34 bits per heavy atom. The van der Waals surface area contributed by atoms with Crippen molar-refractivity contribution in [2.45, 2.75) is 24.6 Å². The van der Waals surface area contributed by atoms with Crippen LogP contribution in [0.1, 0.15) is 28.9 Å². The molecule has 0 bridgehead atoms. The number of hydrogen-bond donors (Lipinski definition) is 1. The van der Waals surface area contributed by atoms with Crippen LogP contribution in [0.15, 0.2) is 36.5 Å². The Morgan fingerprint density at radius 3 is 2.76 bits per heavy atom. The second kappa shape index (κ2) is 7.31. The first-order valence-corrected chi connectivity index (χ1v) is 9.93. The van der Waals surface area contributed by atoms with Gasteiger partial charge < -0.3 is 10.6 Å². The van der Waals surface area contributed by atoms with Gasteiger partial charge in [-0.05, 0) is 30.3 Å². The number of pyridine rings is 1. The summed E-state index contributed by atoms with van der Waals surface area (Å²) >= 11 is 7.45. The molecule has 29 heavy (non-hydrogen) atoms. The van der Waals surface area contributed by atoms with Crippen molar-refractivity contribution in [1.29, 1.82) is 0 Å². The van der Waals surface area contributed by atoms with Gasteiger partial charge in [-0.2, -0.15) is 0 Å². The molecule has 0 radical (unpaired) electrons. The summed E-state index contributed by atoms with van der Waals surface area (Å²) in [5, 5.41) is 9.65. The molecule has 2 heterocycles. The van der Waals surface area contributed by atoms with E-state index in [9.17, 15) is 13.6 Å². The lowest BCUT2D eigenvalue weighted by molar-refractivity contribution is 0.0870. The van der Waals surface area contributed by atoms with E-state index in [0.29, 0.717) is 26.3 Å². The third-order valence-electron chi connectivity index (χ3n) is 5.14. The first-order chi connectivity index (χ1) is 13.8. The monoisotopic (exact) mass is 435 g/mol. The molecule has 6 nitrogen and oxygen atoms in total. The number of alkyl halides is 1. The number of carbonyl (C=O) groups is 1. The van der Waals surface area contributed by atoms with Crippen LogP contribution in [0.3, 0.4) is 0 Å². The zero-order valence-corrected chi connectivity index (χ0v) is 16.8. The molecule has 1 aromatic carbocycles. The van der Waals surface area contributed by atoms with Gasteiger partial charge in [-0.15, -0.1) is 10.2 Å². The summed E-state index contributed by atoms with van der Waals surface area (Å²) in [6.45, 7) is 0. The highest BCUT2D eigenvalue weighted by atomic mass is 35.5. The molecule has 4 rings (SSSR count). The number of hydrogen-bond acceptors (Lipinski definition) is 6. The minimum atomic E-state index is -1.05. The molecule has 0 spiro atoms. The Kier molecular flexibility index (Phi) is 4.95. The van der Waals surface area contributed by atoms with Crippen LogP contribution in [-0.2, 0) is 5.54 Å². The van der Waals surface area contributed by atoms with Crippen LogP contribution >= 0.6 is 22.9 Å². The lowest BCUT2D eigenvalue weighted by Gasteiger charge is -2.49. The van der Waals surface area contributed by atoms with E-state index >= 15 is 0 Å². The average molecular weight is 436 g/mol. The molecule has 1 amide bonds. The van der Waals surface area contributed by atoms with E-state index in [1.54, 1.807) is 24.1 Å². The third kappa shape index (κ3) is 3.34. The lowest BCUT2D eigenvalue weighted by atomic mass is 9.71. The molecule has 1 aliphatic rings. The number of aromatic nitrogens is 3. The second-order valence-corrected chi connectivity index (χ2v) is 8.24. The van der Waals surface area contributed by atoms with Crippen molar-refractivity contribution < 1.29 is 13.6 Å². The summed E-state index contributed by atoms with van der Waals surface area (Å²) < 4.78 is 28.3. The second-order valence-electron chi connectivity index (χ2n) is 6.88. The largest absolute Gasteiger partial charge is 0.366 e. The maximum Gasteiger partial charge on any atom is 0.248 e. The number of carbonyl (C=O) groups excluding carboxylic acids is 1. The van der Waals surface area contributed by atoms with E-state index in [1.807, 2.05) is 0 Å². The molecule has 2 aromatic heterocycles. The van der Waals surface area contributed by atoms with Gasteiger partial charge in [0.15, 0.2) is 5.01 Å². The summed E-state index contributed by atoms with van der Waals surface area (Å²) in [5.41, 5.74) is 5.38. The Bertz CT molecular complexity index is 1090. The number of nitrogens with zero attached hydrogens (tertiary/aromatic N) is 4. The standard InChI is InChI=1S/C19H16ClF2N5OS/c1-27(19(8-11(21)9-19)15-14(22)3-2-6-24-15)18-26-25-17(29-18)12-7-10(16(23)28)4-5-13(12)20/h2-7,11H,8-9H2,1H3,(H2,23,28). The van der Waals surface area contributed by atoms with Gasteiger partial charge in [-0.3, -0.25) is 9.78 Å². The topological polar surface area (TPSA) is 85.0 Å². The SMILES string of the molecule is CN(c1nnc(-c2cc(C(N)=O)ccc2Cl)s1)C1(c2ncccc2F)CC(F)C1. The molecular weight excluding hydrogens is 420 g/mol. The average Bonchev–Trinajstić information content (AvgIpc) is 3.15. The predicted molar refractivity (Wildman–Crippen MR) is 107 cm³/mol. The predicted octanol–water partition coefficient (Wildman–Crippen LogP) is 3.96. The summed E-state index contributed by atoms with van der Waals surface area (Å²) in [7, 11) is 1.71. The molecule has 1 aliphatic carbocycles. The molecule has 0 saturated heterocycles. The summed E-state index contributed by atoms with van der Waals surface area (Å²) in [6.07, 6.45) is 0.641. The Morgan fingerprint density at radius 2 is 2.10 bits per heavy atom. The van der Waals surface area contributed by atoms with E-state index in [4.69, 9.17) is 17.3 Å². The van der Waals surface area contributed by atoms with Crippen LogP contribution < -0.4 is 10.6 Å². The molecule has 0 atom stereocenters. The van der Waals surface area contributed by atoms with Crippen molar-refractivity contribution in [3.05, 3.63) is 58.6 Å². The van der Waals surface area contributed by atoms with Crippen molar-refractivity contribution in [2.75, 3.05) is 11.9 Å². The van der Waals surface area contributed by atoms with Gasteiger partial charge >= 0.3 is 0 Å². The minimum Gasteiger partial charge on any atom is -0.366 e. The van der Waals surface area contributed by atoms with E-state index < -0.39 is 23.4 Å². The molecular formula is C19H16ClF2N5OS. The number of anilines is 1. The van der Waals surface area contributed by atoms with Crippen molar-refractivity contribution in [2.24, 2.45) is 5.73 Å². The third-order valence-corrected chi connectivity index (χ3v) is 6.50. The molecule has 3 aromatic rings. The number of nitrogens with two attached hydrogens (primary N) is 1. The number of halogens is 3. The smallest absolute Gasteiger partial charge is 0.248 e. The Hall–Kier alpha value is -2.65. The molecule has 1 saturated carbocycles. The van der Waals surface area contributed by atoms with Gasteiger partial charge in [0.2, 0.25) is 11.0 Å². The van der Waals surface area contributed by atoms with Crippen LogP contribution in [0.5, 0.6) is 0 Å². The minimum absolute atomic E-state index is 0.101. The lowest BCUT2D eigenvalue weighted by Crippen LogP contribution is -2.55. The van der Waals surface area contributed by atoms with Crippen molar-refractivity contribution in [3.8, 4) is 10.6 Å². The number of primary amides is 1. The first kappa shape index (κ1) is 19.7. The molecule has 2 N–H and O–H groups in total. The van der Waals surface area contributed by atoms with E-state index in [-0.39, 0.29) is 18.5 Å². The van der Waals surface area contributed by atoms with Gasteiger partial charge in [-0.1, -0.05) is 22.9 Å². The molecule has 150 valence electrons. The van der Waals surface area contributed by atoms with Crippen molar-refractivity contribution in [3.63, 3.8) is 0 Å². The van der Waals surface area contributed by atoms with Gasteiger partial charge in [0, 0.05) is 37.2 Å². The number of benzene rings is 1. The molecule has 0 aliphatic heterocycles. The van der Waals surface area contributed by atoms with Crippen LogP contribution in [0, 0.1) is 5.82 Å². The number of rotatable bonds is 5. The molecule has 0 unspecified atom stereocenters. The van der Waals surface area contributed by atoms with Crippen LogP contribution in [-0.4, -0.2) is 34.3 Å². The van der Waals surface area contributed by atoms with Crippen LogP contribution in [0.4, 0.5) is 13.9 Å². The fourth-order valence-corrected chi connectivity index (χ4v) is 4.70. The summed E-state index contributed by atoms with van der Waals surface area (Å²) in [6, 6.07) is 7.44. The zero-order valence-electron chi connectivity index (χ0n) is 15.3. The molecule has 1 fully saturated rings. The Labute approximate surface area is 174 Å². The van der Waals surface area contributed by atoms with Gasteiger partial charge in [0.25, 0.3) is 0 Å². The summed E-state index contributed by atoms with van der Waals surface area (Å²) in [5.74, 6) is -1.08. The van der Waals surface area contributed by atoms with Crippen molar-refractivity contribution in [1.82, 2.24) is 15.2 Å². The van der Waals surface area contributed by atoms with E-state index in [1.165, 1.54) is 35.7 Å². The zero-order chi connectivity index (χ0) is 20.8. The van der Waals surface area contributed by atoms with Gasteiger partial charge in [0.1, 0.15) is 17.7 Å². The van der Waals surface area contributed by atoms with Crippen LogP contribution in [0.2, 0.25) is 5.02 Å². The highest BCUT2D eigenvalue weighted by molar-refractivity contribution is 7.18. The van der Waals surface area contributed by atoms with E-state index in [0.717, 1.165) is 0 Å². The maximum atomic E-state index is 14.4. The van der Waals surface area contributed by atoms with Gasteiger partial charge in [0.05, 0.1) is 10.6 Å². The van der Waals surface area contributed by atoms with Crippen LogP contribution in [0.25, 0.3) is 10.6 Å². The van der Waals surface area contributed by atoms with E-state index in [2.05, 4.69) is 15.2 Å². The number of amides is 1. The summed E-state index contributed by atoms with van der Waals surface area (Å²) in [4.78, 5) is 17.3. The quantitative estimate of drug-likeness (QED) is 0.655. The first-order valence-electron chi connectivity index (χ1n) is 8.74. The highest BCUT2D eigenvalue weighted by Gasteiger charge is 2.52. The van der Waals surface area contributed by atoms with Gasteiger partial charge in [-0.25, -0.2) is 8.78 Å². The normalized spacial score (nSPS) is 20.9.